The van der Waals surface area contributed by atoms with Crippen LogP contribution >= 0.6 is 0 Å². The molecule has 0 radical (unpaired) electrons. The maximum Gasteiger partial charge on any atom is 0.490 e. The number of amides is 9. The van der Waals surface area contributed by atoms with Gasteiger partial charge in [-0.05, 0) is 127 Å². The average molecular weight is 1280 g/mol. The Labute approximate surface area is 516 Å². The van der Waals surface area contributed by atoms with E-state index < -0.39 is 156 Å². The number of rotatable bonds is 45. The van der Waals surface area contributed by atoms with Crippen LogP contribution in [-0.4, -0.2) is 173 Å². The summed E-state index contributed by atoms with van der Waals surface area (Å²) in [7, 11) is 0. The molecule has 29 nitrogen and oxygen atoms in total. The molecule has 32 heteroatoms. The number of carbonyl (C=O) groups excluding carboxylic acids is 9. The highest BCUT2D eigenvalue weighted by Gasteiger charge is 2.39. The molecule has 506 valence electrons. The van der Waals surface area contributed by atoms with Gasteiger partial charge in [0.15, 0.2) is 0 Å². The molecular formula is C57H97F3N14O15. The fraction of sp³-hybridized carbons (Fsp3) is 0.684. The third-order valence-corrected chi connectivity index (χ3v) is 14.4. The molecule has 0 heterocycles. The molecule has 0 unspecified atom stereocenters. The molecule has 0 saturated carbocycles. The maximum absolute atomic E-state index is 14.5. The van der Waals surface area contributed by atoms with Crippen molar-refractivity contribution in [3.63, 3.8) is 0 Å². The predicted molar refractivity (Wildman–Crippen MR) is 321 cm³/mol. The first-order valence-electron chi connectivity index (χ1n) is 30.0. The van der Waals surface area contributed by atoms with Gasteiger partial charge in [0.2, 0.25) is 53.2 Å². The topological polar surface area (TPSA) is 518 Å². The molecule has 23 N–H and O–H groups in total. The molecule has 0 aliphatic carbocycles. The summed E-state index contributed by atoms with van der Waals surface area (Å²) in [6, 6.07) is -3.25. The number of primary amides is 1. The summed E-state index contributed by atoms with van der Waals surface area (Å²) < 4.78 is 31.7. The second-order valence-corrected chi connectivity index (χ2v) is 21.6. The Hall–Kier alpha value is -7.55. The van der Waals surface area contributed by atoms with E-state index in [1.165, 1.54) is 0 Å². The molecule has 0 aromatic heterocycles. The van der Waals surface area contributed by atoms with Gasteiger partial charge in [0.25, 0.3) is 0 Å². The molecule has 0 spiro atoms. The number of hydrogen-bond donors (Lipinski definition) is 17. The summed E-state index contributed by atoms with van der Waals surface area (Å²) in [6.07, 6.45) is -2.13. The number of aliphatic carboxylic acids is 3. The first kappa shape index (κ1) is 81.5. The van der Waals surface area contributed by atoms with Crippen molar-refractivity contribution in [1.82, 2.24) is 42.5 Å². The zero-order chi connectivity index (χ0) is 67.8. The molecule has 89 heavy (non-hydrogen) atoms. The smallest absolute Gasteiger partial charge is 0.481 e. The average Bonchev–Trinajstić information content (AvgIpc) is 3.69. The van der Waals surface area contributed by atoms with E-state index in [1.807, 2.05) is 0 Å². The Kier molecular flexibility index (Phi) is 41.0. The second-order valence-electron chi connectivity index (χ2n) is 21.6. The van der Waals surface area contributed by atoms with Gasteiger partial charge in [-0.3, -0.25) is 47.9 Å². The standard InChI is InChI=1S/C55H96N14O13.C2HF3O2/c1-5-33(3)45(69-51(77)40(25-27-44(71)72)65-54(80)46(34(4)6-2)68-50(76)39(24-26-43(61)70)62-47(73)36(60)20-10-14-28-56)53(79)64-38(22-12-16-30-58)48(74)63-37(21-11-15-29-57)49(75)67-42(32-35-18-8-7-9-19-35)52(78)66-41(55(81)82)23-13-17-31-59;3-2(4,5)1(6)7/h7-9,18-19,33-34,36-42,45-46H,5-6,10-17,20-32,56-60H2,1-4H3,(H2,61,70)(H,62,73)(H,63,74)(H,64,79)(H,65,80)(H,66,78)(H,67,75)(H,68,76)(H,69,77)(H,71,72)(H,81,82);(H,6,7)/t33-,34-,36-,37-,38-,39-,40-,41-,42-,45-,46-;/m0./s1. The van der Waals surface area contributed by atoms with E-state index in [0.29, 0.717) is 82.9 Å². The zero-order valence-electron chi connectivity index (χ0n) is 51.3. The zero-order valence-corrected chi connectivity index (χ0v) is 51.3. The van der Waals surface area contributed by atoms with Crippen LogP contribution in [0.5, 0.6) is 0 Å². The van der Waals surface area contributed by atoms with Gasteiger partial charge in [0.1, 0.15) is 48.3 Å². The van der Waals surface area contributed by atoms with Gasteiger partial charge in [0, 0.05) is 19.3 Å². The highest BCUT2D eigenvalue weighted by Crippen LogP contribution is 2.16. The fourth-order valence-electron chi connectivity index (χ4n) is 8.59. The third-order valence-electron chi connectivity index (χ3n) is 14.4. The number of hydrogen-bond acceptors (Lipinski definition) is 17. The number of nitrogens with one attached hydrogen (secondary N) is 8. The summed E-state index contributed by atoms with van der Waals surface area (Å²) in [5.41, 5.74) is 34.8. The van der Waals surface area contributed by atoms with Crippen molar-refractivity contribution in [3.8, 4) is 0 Å². The molecule has 0 fully saturated rings. The first-order valence-corrected chi connectivity index (χ1v) is 30.0. The van der Waals surface area contributed by atoms with Crippen molar-refractivity contribution in [1.29, 1.82) is 0 Å². The van der Waals surface area contributed by atoms with E-state index in [2.05, 4.69) is 42.5 Å². The van der Waals surface area contributed by atoms with Crippen LogP contribution in [0.2, 0.25) is 0 Å². The summed E-state index contributed by atoms with van der Waals surface area (Å²) in [6.45, 7) is 7.94. The largest absolute Gasteiger partial charge is 0.490 e. The highest BCUT2D eigenvalue weighted by molar-refractivity contribution is 5.98. The number of carboxylic acids is 3. The predicted octanol–water partition coefficient (Wildman–Crippen LogP) is -1.11. The van der Waals surface area contributed by atoms with E-state index in [4.69, 9.17) is 44.3 Å². The van der Waals surface area contributed by atoms with Crippen LogP contribution in [0.1, 0.15) is 149 Å². The lowest BCUT2D eigenvalue weighted by Gasteiger charge is -2.30. The Bertz CT molecular complexity index is 2400. The monoisotopic (exact) mass is 1270 g/mol. The molecule has 0 bridgehead atoms. The van der Waals surface area contributed by atoms with Gasteiger partial charge in [-0.25, -0.2) is 9.59 Å². The van der Waals surface area contributed by atoms with E-state index in [1.54, 1.807) is 58.0 Å². The van der Waals surface area contributed by atoms with E-state index in [9.17, 15) is 76.1 Å². The quantitative estimate of drug-likeness (QED) is 0.0344. The lowest BCUT2D eigenvalue weighted by atomic mass is 9.95. The van der Waals surface area contributed by atoms with E-state index in [0.717, 1.165) is 0 Å². The molecule has 9 amide bonds. The Morgan fingerprint density at radius 2 is 0.775 bits per heavy atom. The van der Waals surface area contributed by atoms with Crippen LogP contribution in [0, 0.1) is 11.8 Å². The minimum atomic E-state index is -5.08. The van der Waals surface area contributed by atoms with Crippen LogP contribution < -0.4 is 76.9 Å². The minimum Gasteiger partial charge on any atom is -0.481 e. The van der Waals surface area contributed by atoms with Crippen LogP contribution in [0.4, 0.5) is 13.2 Å². The molecule has 1 aromatic rings. The Morgan fingerprint density at radius 1 is 0.449 bits per heavy atom. The lowest BCUT2D eigenvalue weighted by molar-refractivity contribution is -0.192. The van der Waals surface area contributed by atoms with E-state index >= 15 is 0 Å². The molecule has 0 saturated heterocycles. The second kappa shape index (κ2) is 44.8. The molecule has 1 rings (SSSR count). The Balaban J connectivity index is 0.0000104. The number of carbonyl (C=O) groups is 12. The molecule has 0 aliphatic rings. The number of nitrogens with two attached hydrogens (primary N) is 6. The van der Waals surface area contributed by atoms with Crippen molar-refractivity contribution in [2.45, 2.75) is 210 Å². The van der Waals surface area contributed by atoms with Crippen molar-refractivity contribution in [2.75, 3.05) is 26.2 Å². The summed E-state index contributed by atoms with van der Waals surface area (Å²) >= 11 is 0. The van der Waals surface area contributed by atoms with Gasteiger partial charge in [-0.15, -0.1) is 0 Å². The maximum atomic E-state index is 14.5. The highest BCUT2D eigenvalue weighted by atomic mass is 19.4. The minimum absolute atomic E-state index is 0.0154. The molecule has 1 aromatic carbocycles. The molecule has 0 aliphatic heterocycles. The summed E-state index contributed by atoms with van der Waals surface area (Å²) in [5.74, 6) is -14.0. The number of unbranched alkanes of at least 4 members (excludes halogenated alkanes) is 4. The number of carboxylic acid groups (broad SMARTS) is 3. The van der Waals surface area contributed by atoms with Gasteiger partial charge < -0.3 is 92.3 Å². The summed E-state index contributed by atoms with van der Waals surface area (Å²) in [4.78, 5) is 157. The van der Waals surface area contributed by atoms with Crippen molar-refractivity contribution >= 4 is 71.1 Å². The number of halogens is 3. The van der Waals surface area contributed by atoms with Crippen LogP contribution in [-0.2, 0) is 64.0 Å². The van der Waals surface area contributed by atoms with Crippen molar-refractivity contribution in [3.05, 3.63) is 35.9 Å². The van der Waals surface area contributed by atoms with Gasteiger partial charge >= 0.3 is 24.1 Å². The van der Waals surface area contributed by atoms with Gasteiger partial charge in [-0.1, -0.05) is 77.3 Å². The van der Waals surface area contributed by atoms with Crippen LogP contribution in [0.3, 0.4) is 0 Å². The SMILES string of the molecule is CC[C@H](C)[C@H](NC(=O)[C@H](CCC(=O)O)NC(=O)[C@@H](NC(=O)[C@H](CCC(N)=O)NC(=O)[C@@H](N)CCCCN)[C@@H](C)CC)C(=O)N[C@@H](CCCCN)C(=O)N[C@@H](CCCCN)C(=O)N[C@@H](Cc1ccccc1)C(=O)N[C@@H](CCCCN)C(=O)O.O=C(O)C(F)(F)F. The normalized spacial score (nSPS) is 14.9. The first-order chi connectivity index (χ1) is 41.9. The van der Waals surface area contributed by atoms with E-state index in [-0.39, 0.29) is 58.0 Å². The van der Waals surface area contributed by atoms with Crippen LogP contribution in [0.25, 0.3) is 0 Å². The Morgan fingerprint density at radius 3 is 1.15 bits per heavy atom. The van der Waals surface area contributed by atoms with Gasteiger partial charge in [-0.2, -0.15) is 13.2 Å². The summed E-state index contributed by atoms with van der Waals surface area (Å²) in [5, 5.41) is 47.8. The lowest BCUT2D eigenvalue weighted by Crippen LogP contribution is -2.62. The van der Waals surface area contributed by atoms with Crippen molar-refractivity contribution < 1.29 is 86.0 Å². The van der Waals surface area contributed by atoms with Crippen LogP contribution in [0.15, 0.2) is 30.3 Å². The number of alkyl halides is 3. The number of benzene rings is 1. The third kappa shape index (κ3) is 34.1. The molecule has 11 atom stereocenters. The van der Waals surface area contributed by atoms with Crippen molar-refractivity contribution in [2.24, 2.45) is 46.2 Å². The van der Waals surface area contributed by atoms with Gasteiger partial charge in [0.05, 0.1) is 6.04 Å². The molecular weight excluding hydrogens is 1180 g/mol. The fourth-order valence-corrected chi connectivity index (χ4v) is 8.59.